The van der Waals surface area contributed by atoms with Crippen molar-refractivity contribution in [2.75, 3.05) is 18.5 Å². The zero-order valence-corrected chi connectivity index (χ0v) is 9.49. The predicted molar refractivity (Wildman–Crippen MR) is 54.8 cm³/mol. The Morgan fingerprint density at radius 3 is 2.33 bits per heavy atom. The maximum absolute atomic E-state index is 12.7. The second kappa shape index (κ2) is 5.23. The summed E-state index contributed by atoms with van der Waals surface area (Å²) in [6.07, 6.45) is -4.65. The zero-order valence-electron chi connectivity index (χ0n) is 8.73. The minimum Gasteiger partial charge on any atom is -0.390 e. The van der Waals surface area contributed by atoms with Crippen molar-refractivity contribution >= 4 is 17.4 Å². The number of pyridine rings is 1. The van der Waals surface area contributed by atoms with Gasteiger partial charge in [-0.2, -0.15) is 13.2 Å². The summed E-state index contributed by atoms with van der Waals surface area (Å²) in [5.41, 5.74) is -1.10. The lowest BCUT2D eigenvalue weighted by Crippen LogP contribution is -2.31. The molecule has 1 heterocycles. The van der Waals surface area contributed by atoms with Crippen LogP contribution in [0.5, 0.6) is 0 Å². The van der Waals surface area contributed by atoms with E-state index in [1.807, 2.05) is 5.32 Å². The highest BCUT2D eigenvalue weighted by Crippen LogP contribution is 2.32. The minimum atomic E-state index is -4.65. The molecule has 0 amide bonds. The minimum absolute atomic E-state index is 0.442. The number of rotatable bonds is 4. The first-order valence-corrected chi connectivity index (χ1v) is 4.99. The van der Waals surface area contributed by atoms with Gasteiger partial charge in [-0.15, -0.1) is 0 Å². The van der Waals surface area contributed by atoms with Crippen LogP contribution in [-0.4, -0.2) is 29.2 Å². The average Bonchev–Trinajstić information content (AvgIpc) is 2.25. The Bertz CT molecular complexity index is 424. The molecule has 0 aliphatic carbocycles. The Morgan fingerprint density at radius 2 is 1.83 bits per heavy atom. The van der Waals surface area contributed by atoms with Crippen molar-refractivity contribution in [3.63, 3.8) is 0 Å². The highest BCUT2D eigenvalue weighted by molar-refractivity contribution is 6.29. The van der Waals surface area contributed by atoms with Gasteiger partial charge in [-0.1, -0.05) is 11.6 Å². The van der Waals surface area contributed by atoms with E-state index in [0.29, 0.717) is 12.1 Å². The van der Waals surface area contributed by atoms with Gasteiger partial charge in [0.25, 0.3) is 5.92 Å². The molecule has 3 nitrogen and oxygen atoms in total. The van der Waals surface area contributed by atoms with Gasteiger partial charge >= 0.3 is 6.18 Å². The van der Waals surface area contributed by atoms with Gasteiger partial charge in [0.2, 0.25) is 0 Å². The first-order valence-electron chi connectivity index (χ1n) is 4.61. The van der Waals surface area contributed by atoms with Crippen LogP contribution in [0.25, 0.3) is 0 Å². The van der Waals surface area contributed by atoms with Gasteiger partial charge in [0, 0.05) is 0 Å². The fourth-order valence-electron chi connectivity index (χ4n) is 1.03. The summed E-state index contributed by atoms with van der Waals surface area (Å²) in [6, 6.07) is 1.14. The lowest BCUT2D eigenvalue weighted by Gasteiger charge is -2.15. The highest BCUT2D eigenvalue weighted by atomic mass is 35.5. The third kappa shape index (κ3) is 4.26. The average molecular weight is 291 g/mol. The third-order valence-electron chi connectivity index (χ3n) is 1.88. The molecule has 9 heteroatoms. The topological polar surface area (TPSA) is 45.1 Å². The molecule has 18 heavy (non-hydrogen) atoms. The second-order valence-electron chi connectivity index (χ2n) is 3.43. The molecule has 0 saturated carbocycles. The fourth-order valence-corrected chi connectivity index (χ4v) is 1.24. The van der Waals surface area contributed by atoms with Crippen molar-refractivity contribution in [1.29, 1.82) is 0 Å². The van der Waals surface area contributed by atoms with Crippen molar-refractivity contribution in [3.8, 4) is 0 Å². The number of alkyl halides is 5. The Balaban J connectivity index is 2.88. The van der Waals surface area contributed by atoms with Gasteiger partial charge in [0.05, 0.1) is 12.1 Å². The van der Waals surface area contributed by atoms with Crippen LogP contribution in [-0.2, 0) is 6.18 Å². The Hall–Kier alpha value is -1.15. The van der Waals surface area contributed by atoms with E-state index in [0.717, 1.165) is 0 Å². The predicted octanol–water partition coefficient (Wildman–Crippen LogP) is 2.79. The van der Waals surface area contributed by atoms with Gasteiger partial charge in [-0.3, -0.25) is 0 Å². The summed E-state index contributed by atoms with van der Waals surface area (Å²) in [4.78, 5) is 3.42. The Kier molecular flexibility index (Phi) is 4.33. The van der Waals surface area contributed by atoms with E-state index in [2.05, 4.69) is 4.98 Å². The van der Waals surface area contributed by atoms with Crippen LogP contribution in [0.2, 0.25) is 5.15 Å². The lowest BCUT2D eigenvalue weighted by atomic mass is 10.2. The van der Waals surface area contributed by atoms with Gasteiger partial charge in [0.1, 0.15) is 17.6 Å². The fraction of sp³-hybridized carbons (Fsp3) is 0.444. The number of nitrogens with zero attached hydrogens (tertiary/aromatic N) is 1. The number of nitrogens with one attached hydrogen (secondary N) is 1. The van der Waals surface area contributed by atoms with Crippen molar-refractivity contribution < 1.29 is 27.1 Å². The number of aliphatic hydroxyl groups is 1. The molecule has 2 N–H and O–H groups in total. The highest BCUT2D eigenvalue weighted by Gasteiger charge is 2.32. The monoisotopic (exact) mass is 290 g/mol. The molecule has 0 bridgehead atoms. The number of halogens is 6. The number of hydrogen-bond acceptors (Lipinski definition) is 3. The molecule has 0 aliphatic rings. The van der Waals surface area contributed by atoms with Crippen LogP contribution in [0.1, 0.15) is 5.56 Å². The largest absolute Gasteiger partial charge is 0.416 e. The third-order valence-corrected chi connectivity index (χ3v) is 2.07. The first-order chi connectivity index (χ1) is 8.14. The molecule has 1 rings (SSSR count). The standard InChI is InChI=1S/C9H8ClF5N2O/c10-6-1-5(9(13,14)15)2-7(17-6)16-3-8(11,12)4-18/h1-2,18H,3-4H2,(H,16,17). The molecule has 0 aliphatic heterocycles. The molecule has 0 atom stereocenters. The zero-order chi connectivity index (χ0) is 14.0. The van der Waals surface area contributed by atoms with Crippen molar-refractivity contribution in [1.82, 2.24) is 4.98 Å². The maximum atomic E-state index is 12.7. The molecular formula is C9H8ClF5N2O. The van der Waals surface area contributed by atoms with E-state index in [4.69, 9.17) is 16.7 Å². The van der Waals surface area contributed by atoms with Gasteiger partial charge in [-0.05, 0) is 12.1 Å². The van der Waals surface area contributed by atoms with Crippen LogP contribution in [0.3, 0.4) is 0 Å². The van der Waals surface area contributed by atoms with E-state index < -0.39 is 41.8 Å². The van der Waals surface area contributed by atoms with Gasteiger partial charge < -0.3 is 10.4 Å². The summed E-state index contributed by atoms with van der Waals surface area (Å²) < 4.78 is 62.5. The Labute approximate surface area is 104 Å². The molecule has 1 aromatic rings. The SMILES string of the molecule is OCC(F)(F)CNc1cc(C(F)(F)F)cc(Cl)n1. The molecule has 0 spiro atoms. The molecule has 102 valence electrons. The normalized spacial score (nSPS) is 12.6. The first kappa shape index (κ1) is 14.9. The van der Waals surface area contributed by atoms with Crippen molar-refractivity contribution in [3.05, 3.63) is 22.8 Å². The summed E-state index contributed by atoms with van der Waals surface area (Å²) >= 11 is 5.35. The van der Waals surface area contributed by atoms with Crippen LogP contribution >= 0.6 is 11.6 Å². The summed E-state index contributed by atoms with van der Waals surface area (Å²) in [5, 5.41) is 9.81. The smallest absolute Gasteiger partial charge is 0.390 e. The molecule has 0 aromatic carbocycles. The molecule has 0 fully saturated rings. The van der Waals surface area contributed by atoms with Crippen molar-refractivity contribution in [2.24, 2.45) is 0 Å². The van der Waals surface area contributed by atoms with Gasteiger partial charge in [-0.25, -0.2) is 13.8 Å². The molecule has 0 saturated heterocycles. The lowest BCUT2D eigenvalue weighted by molar-refractivity contribution is -0.137. The molecule has 0 radical (unpaired) electrons. The van der Waals surface area contributed by atoms with Gasteiger partial charge in [0.15, 0.2) is 0 Å². The van der Waals surface area contributed by atoms with E-state index in [1.54, 1.807) is 0 Å². The summed E-state index contributed by atoms with van der Waals surface area (Å²) in [5.74, 6) is -3.90. The summed E-state index contributed by atoms with van der Waals surface area (Å²) in [6.45, 7) is -2.47. The maximum Gasteiger partial charge on any atom is 0.416 e. The van der Waals surface area contributed by atoms with E-state index >= 15 is 0 Å². The molecule has 1 aromatic heterocycles. The van der Waals surface area contributed by atoms with Crippen LogP contribution in [0.15, 0.2) is 12.1 Å². The number of anilines is 1. The number of aromatic nitrogens is 1. The molecular weight excluding hydrogens is 283 g/mol. The van der Waals surface area contributed by atoms with E-state index in [-0.39, 0.29) is 0 Å². The number of hydrogen-bond donors (Lipinski definition) is 2. The quantitative estimate of drug-likeness (QED) is 0.662. The molecule has 0 unspecified atom stereocenters. The second-order valence-corrected chi connectivity index (χ2v) is 3.82. The van der Waals surface area contributed by atoms with E-state index in [1.165, 1.54) is 0 Å². The van der Waals surface area contributed by atoms with E-state index in [9.17, 15) is 22.0 Å². The Morgan fingerprint density at radius 1 is 1.22 bits per heavy atom. The summed E-state index contributed by atoms with van der Waals surface area (Å²) in [7, 11) is 0. The van der Waals surface area contributed by atoms with Crippen LogP contribution in [0.4, 0.5) is 27.8 Å². The van der Waals surface area contributed by atoms with Crippen LogP contribution in [0, 0.1) is 0 Å². The van der Waals surface area contributed by atoms with Crippen LogP contribution < -0.4 is 5.32 Å². The van der Waals surface area contributed by atoms with Crippen molar-refractivity contribution in [2.45, 2.75) is 12.1 Å². The number of aliphatic hydroxyl groups excluding tert-OH is 1.